The predicted octanol–water partition coefficient (Wildman–Crippen LogP) is 2.41. The van der Waals surface area contributed by atoms with Crippen molar-refractivity contribution in [3.8, 4) is 11.5 Å². The van der Waals surface area contributed by atoms with E-state index in [-0.39, 0.29) is 0 Å². The zero-order valence-corrected chi connectivity index (χ0v) is 12.3. The highest BCUT2D eigenvalue weighted by Gasteiger charge is 2.30. The van der Waals surface area contributed by atoms with E-state index in [1.165, 1.54) is 12.8 Å². The Morgan fingerprint density at radius 2 is 1.95 bits per heavy atom. The Balaban J connectivity index is 2.16. The molecule has 6 nitrogen and oxygen atoms in total. The number of nitrogens with zero attached hydrogens (tertiary/aromatic N) is 4. The van der Waals surface area contributed by atoms with Crippen molar-refractivity contribution in [1.82, 2.24) is 20.0 Å². The minimum atomic E-state index is 0.540. The van der Waals surface area contributed by atoms with Crippen LogP contribution in [0.1, 0.15) is 24.5 Å². The minimum absolute atomic E-state index is 0.540. The van der Waals surface area contributed by atoms with Gasteiger partial charge in [-0.15, -0.1) is 10.2 Å². The van der Waals surface area contributed by atoms with Crippen LogP contribution < -0.4 is 9.47 Å². The van der Waals surface area contributed by atoms with E-state index in [1.54, 1.807) is 18.9 Å². The smallest absolute Gasteiger partial charge is 0.181 e. The second-order valence-electron chi connectivity index (χ2n) is 5.41. The van der Waals surface area contributed by atoms with Gasteiger partial charge in [-0.2, -0.15) is 5.10 Å². The molecule has 0 N–H and O–H groups in total. The number of hydrogen-bond donors (Lipinski definition) is 0. The van der Waals surface area contributed by atoms with Crippen LogP contribution in [0.15, 0.2) is 12.1 Å². The molecule has 1 saturated carbocycles. The molecule has 1 aliphatic carbocycles. The summed E-state index contributed by atoms with van der Waals surface area (Å²) in [5.41, 5.74) is 2.67. The number of benzene rings is 1. The molecular formula is C15H16N4O2. The number of ether oxygens (including phenoxy) is 2. The van der Waals surface area contributed by atoms with Gasteiger partial charge in [-0.05, 0) is 18.9 Å². The van der Waals surface area contributed by atoms with Crippen molar-refractivity contribution in [1.29, 1.82) is 0 Å². The van der Waals surface area contributed by atoms with Gasteiger partial charge in [0.15, 0.2) is 11.4 Å². The highest BCUT2D eigenvalue weighted by molar-refractivity contribution is 6.07. The summed E-state index contributed by atoms with van der Waals surface area (Å²) >= 11 is 0. The minimum Gasteiger partial charge on any atom is -0.497 e. The summed E-state index contributed by atoms with van der Waals surface area (Å²) < 4.78 is 12.6. The van der Waals surface area contributed by atoms with Crippen LogP contribution in [0, 0.1) is 0 Å². The van der Waals surface area contributed by atoms with Gasteiger partial charge in [-0.25, -0.2) is 4.68 Å². The quantitative estimate of drug-likeness (QED) is 0.739. The number of rotatable bonds is 3. The second-order valence-corrected chi connectivity index (χ2v) is 5.41. The van der Waals surface area contributed by atoms with Crippen molar-refractivity contribution in [2.24, 2.45) is 7.05 Å². The average molecular weight is 284 g/mol. The molecule has 2 aromatic heterocycles. The van der Waals surface area contributed by atoms with Gasteiger partial charge in [-0.1, -0.05) is 0 Å². The van der Waals surface area contributed by atoms with E-state index in [9.17, 15) is 0 Å². The van der Waals surface area contributed by atoms with Gasteiger partial charge in [0, 0.05) is 24.4 Å². The van der Waals surface area contributed by atoms with E-state index >= 15 is 0 Å². The molecule has 0 saturated heterocycles. The van der Waals surface area contributed by atoms with Crippen LogP contribution in [0.5, 0.6) is 11.5 Å². The maximum absolute atomic E-state index is 5.43. The summed E-state index contributed by atoms with van der Waals surface area (Å²) in [7, 11) is 5.19. The van der Waals surface area contributed by atoms with E-state index in [1.807, 2.05) is 19.2 Å². The van der Waals surface area contributed by atoms with Gasteiger partial charge in [0.05, 0.1) is 25.3 Å². The fraction of sp³-hybridized carbons (Fsp3) is 0.400. The van der Waals surface area contributed by atoms with Crippen molar-refractivity contribution in [2.75, 3.05) is 14.2 Å². The molecule has 21 heavy (non-hydrogen) atoms. The topological polar surface area (TPSA) is 62.1 Å². The first-order valence-electron chi connectivity index (χ1n) is 6.98. The summed E-state index contributed by atoms with van der Waals surface area (Å²) in [5.74, 6) is 1.96. The second kappa shape index (κ2) is 4.31. The highest BCUT2D eigenvalue weighted by Crippen LogP contribution is 2.44. The van der Waals surface area contributed by atoms with Gasteiger partial charge in [0.1, 0.15) is 11.3 Å². The van der Waals surface area contributed by atoms with Crippen molar-refractivity contribution in [2.45, 2.75) is 18.8 Å². The molecule has 6 heteroatoms. The molecule has 0 unspecified atom stereocenters. The normalized spacial score (nSPS) is 14.8. The fourth-order valence-electron chi connectivity index (χ4n) is 2.80. The van der Waals surface area contributed by atoms with Gasteiger partial charge < -0.3 is 9.47 Å². The van der Waals surface area contributed by atoms with E-state index in [0.29, 0.717) is 11.7 Å². The molecule has 0 bridgehead atoms. The van der Waals surface area contributed by atoms with E-state index < -0.39 is 0 Å². The monoisotopic (exact) mass is 284 g/mol. The number of aryl methyl sites for hydroxylation is 1. The Morgan fingerprint density at radius 1 is 1.14 bits per heavy atom. The van der Waals surface area contributed by atoms with E-state index in [4.69, 9.17) is 9.47 Å². The van der Waals surface area contributed by atoms with Crippen molar-refractivity contribution < 1.29 is 9.47 Å². The van der Waals surface area contributed by atoms with Crippen molar-refractivity contribution in [3.05, 3.63) is 17.8 Å². The maximum Gasteiger partial charge on any atom is 0.181 e. The highest BCUT2D eigenvalue weighted by atomic mass is 16.5. The summed E-state index contributed by atoms with van der Waals surface area (Å²) in [6.07, 6.45) is 2.38. The molecule has 4 rings (SSSR count). The molecule has 1 fully saturated rings. The Morgan fingerprint density at radius 3 is 2.62 bits per heavy atom. The summed E-state index contributed by atoms with van der Waals surface area (Å²) in [6, 6.07) is 3.82. The standard InChI is InChI=1S/C15H16N4O2/c1-19-15-12(13(18-19)8-4-5-8)10-6-9(20-2)7-11(21-3)14(10)16-17-15/h6-8H,4-5H2,1-3H3. The lowest BCUT2D eigenvalue weighted by Crippen LogP contribution is -1.96. The lowest BCUT2D eigenvalue weighted by atomic mass is 10.1. The number of hydrogen-bond acceptors (Lipinski definition) is 5. The summed E-state index contributed by atoms with van der Waals surface area (Å²) in [4.78, 5) is 0. The Labute approximate surface area is 121 Å². The molecule has 0 amide bonds. The predicted molar refractivity (Wildman–Crippen MR) is 78.9 cm³/mol. The average Bonchev–Trinajstić information content (AvgIpc) is 3.30. The Bertz CT molecular complexity index is 852. The molecule has 108 valence electrons. The van der Waals surface area contributed by atoms with Crippen molar-refractivity contribution in [3.63, 3.8) is 0 Å². The molecule has 0 aliphatic heterocycles. The lowest BCUT2D eigenvalue weighted by Gasteiger charge is -2.08. The summed E-state index contributed by atoms with van der Waals surface area (Å²) in [5, 5.41) is 15.4. The zero-order chi connectivity index (χ0) is 14.6. The number of aromatic nitrogens is 4. The first-order chi connectivity index (χ1) is 10.2. The van der Waals surface area contributed by atoms with Gasteiger partial charge >= 0.3 is 0 Å². The van der Waals surface area contributed by atoms with Crippen LogP contribution in [0.25, 0.3) is 21.9 Å². The third kappa shape index (κ3) is 1.75. The van der Waals surface area contributed by atoms with Gasteiger partial charge in [0.2, 0.25) is 0 Å². The maximum atomic E-state index is 5.43. The molecule has 0 spiro atoms. The third-order valence-corrected chi connectivity index (χ3v) is 4.03. The molecule has 1 aromatic carbocycles. The lowest BCUT2D eigenvalue weighted by molar-refractivity contribution is 0.397. The zero-order valence-electron chi connectivity index (χ0n) is 12.3. The van der Waals surface area contributed by atoms with Crippen molar-refractivity contribution >= 4 is 21.9 Å². The van der Waals surface area contributed by atoms with Gasteiger partial charge in [0.25, 0.3) is 0 Å². The van der Waals surface area contributed by atoms with Gasteiger partial charge in [-0.3, -0.25) is 0 Å². The van der Waals surface area contributed by atoms with Crippen LogP contribution in [-0.2, 0) is 7.05 Å². The largest absolute Gasteiger partial charge is 0.497 e. The third-order valence-electron chi connectivity index (χ3n) is 4.03. The van der Waals surface area contributed by atoms with Crippen LogP contribution in [0.4, 0.5) is 0 Å². The van der Waals surface area contributed by atoms with Crippen LogP contribution in [0.2, 0.25) is 0 Å². The molecule has 1 aliphatic rings. The molecule has 0 atom stereocenters. The van der Waals surface area contributed by atoms with Crippen LogP contribution >= 0.6 is 0 Å². The molecule has 2 heterocycles. The Kier molecular flexibility index (Phi) is 2.54. The van der Waals surface area contributed by atoms with E-state index in [0.717, 1.165) is 33.4 Å². The van der Waals surface area contributed by atoms with E-state index in [2.05, 4.69) is 15.3 Å². The summed E-state index contributed by atoms with van der Waals surface area (Å²) in [6.45, 7) is 0. The molecule has 3 aromatic rings. The first-order valence-corrected chi connectivity index (χ1v) is 6.98. The number of fused-ring (bicyclic) bond motifs is 3. The van der Waals surface area contributed by atoms with Crippen LogP contribution in [0.3, 0.4) is 0 Å². The number of methoxy groups -OCH3 is 2. The molecular weight excluding hydrogens is 268 g/mol. The van der Waals surface area contributed by atoms with Crippen LogP contribution in [-0.4, -0.2) is 34.2 Å². The SMILES string of the molecule is COc1cc(OC)c2nnc3c(c(C4CC4)nn3C)c2c1. The first kappa shape index (κ1) is 12.4. The molecule has 0 radical (unpaired) electrons. The Hall–Kier alpha value is -2.37. The fourth-order valence-corrected chi connectivity index (χ4v) is 2.80.